The summed E-state index contributed by atoms with van der Waals surface area (Å²) in [7, 11) is 1.59. The second-order valence-corrected chi connectivity index (χ2v) is 7.24. The molecular formula is C23H23FO5. The van der Waals surface area contributed by atoms with Gasteiger partial charge in [0.2, 0.25) is 11.5 Å². The number of ketones is 1. The van der Waals surface area contributed by atoms with Gasteiger partial charge in [0, 0.05) is 12.0 Å². The van der Waals surface area contributed by atoms with Crippen LogP contribution in [0.4, 0.5) is 4.39 Å². The molecule has 0 saturated heterocycles. The Kier molecular flexibility index (Phi) is 5.81. The van der Waals surface area contributed by atoms with Crippen LogP contribution in [0.25, 0.3) is 0 Å². The van der Waals surface area contributed by atoms with Crippen molar-refractivity contribution >= 4 is 5.78 Å². The summed E-state index contributed by atoms with van der Waals surface area (Å²) in [6, 6.07) is 13.6. The summed E-state index contributed by atoms with van der Waals surface area (Å²) in [6.07, 6.45) is 3.05. The molecule has 4 rings (SSSR count). The standard InChI is InChI=1S/C23H23FO5/c1-26-16-6-8-17(9-7-16)29-22-14-28-21-12-18(10-11-19(21)23(22)25)27-13-15-4-2-3-5-20(15)24/h2-9,14,18-19,21H,10-13H2,1H3. The van der Waals surface area contributed by atoms with E-state index < -0.39 is 0 Å². The van der Waals surface area contributed by atoms with Crippen molar-refractivity contribution in [2.24, 2.45) is 5.92 Å². The van der Waals surface area contributed by atoms with Crippen molar-refractivity contribution < 1.29 is 28.1 Å². The lowest BCUT2D eigenvalue weighted by Gasteiger charge is -2.37. The van der Waals surface area contributed by atoms with Crippen molar-refractivity contribution in [3.63, 3.8) is 0 Å². The van der Waals surface area contributed by atoms with Crippen LogP contribution in [-0.4, -0.2) is 25.1 Å². The van der Waals surface area contributed by atoms with Gasteiger partial charge in [-0.3, -0.25) is 4.79 Å². The Morgan fingerprint density at radius 3 is 2.59 bits per heavy atom. The maximum absolute atomic E-state index is 13.8. The third-order valence-corrected chi connectivity index (χ3v) is 5.39. The van der Waals surface area contributed by atoms with Gasteiger partial charge in [0.05, 0.1) is 25.7 Å². The predicted octanol–water partition coefficient (Wildman–Crippen LogP) is 4.41. The molecule has 3 atom stereocenters. The number of rotatable bonds is 6. The fourth-order valence-electron chi connectivity index (χ4n) is 3.75. The topological polar surface area (TPSA) is 54.0 Å². The van der Waals surface area contributed by atoms with Gasteiger partial charge in [0.15, 0.2) is 0 Å². The SMILES string of the molecule is COc1ccc(OC2=COC3CC(OCc4ccccc4F)CCC3C2=O)cc1. The molecule has 6 heteroatoms. The molecule has 152 valence electrons. The zero-order valence-corrected chi connectivity index (χ0v) is 16.2. The molecule has 1 fully saturated rings. The lowest BCUT2D eigenvalue weighted by Crippen LogP contribution is -2.42. The molecule has 0 aromatic heterocycles. The maximum atomic E-state index is 13.8. The van der Waals surface area contributed by atoms with Crippen LogP contribution in [0.2, 0.25) is 0 Å². The summed E-state index contributed by atoms with van der Waals surface area (Å²) >= 11 is 0. The molecule has 2 aromatic rings. The quantitative estimate of drug-likeness (QED) is 0.722. The first kappa shape index (κ1) is 19.5. The van der Waals surface area contributed by atoms with Gasteiger partial charge in [-0.05, 0) is 43.2 Å². The van der Waals surface area contributed by atoms with Crippen molar-refractivity contribution in [2.45, 2.75) is 38.1 Å². The zero-order chi connectivity index (χ0) is 20.2. The first-order valence-corrected chi connectivity index (χ1v) is 9.71. The highest BCUT2D eigenvalue weighted by molar-refractivity contribution is 5.96. The van der Waals surface area contributed by atoms with E-state index in [0.717, 1.165) is 6.42 Å². The fourth-order valence-corrected chi connectivity index (χ4v) is 3.75. The molecule has 1 saturated carbocycles. The van der Waals surface area contributed by atoms with Crippen LogP contribution < -0.4 is 9.47 Å². The summed E-state index contributed by atoms with van der Waals surface area (Å²) in [5, 5.41) is 0. The number of fused-ring (bicyclic) bond motifs is 1. The Bertz CT molecular complexity index is 892. The number of hydrogen-bond acceptors (Lipinski definition) is 5. The van der Waals surface area contributed by atoms with Gasteiger partial charge in [-0.15, -0.1) is 0 Å². The highest BCUT2D eigenvalue weighted by atomic mass is 19.1. The number of carbonyl (C=O) groups is 1. The van der Waals surface area contributed by atoms with Gasteiger partial charge in [0.1, 0.15) is 29.7 Å². The number of ether oxygens (including phenoxy) is 4. The third-order valence-electron chi connectivity index (χ3n) is 5.39. The number of carbonyl (C=O) groups excluding carboxylic acids is 1. The number of hydrogen-bond donors (Lipinski definition) is 0. The first-order valence-electron chi connectivity index (χ1n) is 9.71. The Hall–Kier alpha value is -2.86. The van der Waals surface area contributed by atoms with E-state index in [-0.39, 0.29) is 42.1 Å². The molecule has 0 amide bonds. The lowest BCUT2D eigenvalue weighted by atomic mass is 9.80. The van der Waals surface area contributed by atoms with Gasteiger partial charge < -0.3 is 18.9 Å². The van der Waals surface area contributed by atoms with Crippen molar-refractivity contribution in [1.29, 1.82) is 0 Å². The van der Waals surface area contributed by atoms with Gasteiger partial charge in [0.25, 0.3) is 0 Å². The third kappa shape index (κ3) is 4.43. The average Bonchev–Trinajstić information content (AvgIpc) is 2.75. The van der Waals surface area contributed by atoms with Crippen LogP contribution in [0.3, 0.4) is 0 Å². The van der Waals surface area contributed by atoms with Gasteiger partial charge in [-0.2, -0.15) is 0 Å². The van der Waals surface area contributed by atoms with Gasteiger partial charge in [-0.1, -0.05) is 18.2 Å². The molecule has 1 heterocycles. The number of methoxy groups -OCH3 is 1. The van der Waals surface area contributed by atoms with Gasteiger partial charge in [-0.25, -0.2) is 4.39 Å². The fraction of sp³-hybridized carbons (Fsp3) is 0.348. The Morgan fingerprint density at radius 1 is 1.07 bits per heavy atom. The van der Waals surface area contributed by atoms with Crippen LogP contribution in [0, 0.1) is 11.7 Å². The maximum Gasteiger partial charge on any atom is 0.207 e. The molecule has 5 nitrogen and oxygen atoms in total. The smallest absolute Gasteiger partial charge is 0.207 e. The Balaban J connectivity index is 1.35. The van der Waals surface area contributed by atoms with Crippen LogP contribution in [-0.2, 0) is 20.9 Å². The number of Topliss-reactive ketones (excluding diaryl/α,β-unsaturated/α-hetero) is 1. The minimum atomic E-state index is -0.270. The van der Waals surface area contributed by atoms with E-state index in [0.29, 0.717) is 29.9 Å². The van der Waals surface area contributed by atoms with Crippen LogP contribution in [0.1, 0.15) is 24.8 Å². The van der Waals surface area contributed by atoms with Crippen molar-refractivity contribution in [3.05, 3.63) is 71.9 Å². The summed E-state index contributed by atoms with van der Waals surface area (Å²) < 4.78 is 36.3. The molecule has 1 aliphatic carbocycles. The minimum Gasteiger partial charge on any atom is -0.497 e. The number of halogens is 1. The summed E-state index contributed by atoms with van der Waals surface area (Å²) in [6.45, 7) is 0.213. The van der Waals surface area contributed by atoms with Crippen LogP contribution in [0.15, 0.2) is 60.6 Å². The second-order valence-electron chi connectivity index (χ2n) is 7.24. The normalized spacial score (nSPS) is 23.6. The van der Waals surface area contributed by atoms with Crippen LogP contribution >= 0.6 is 0 Å². The molecule has 1 aliphatic heterocycles. The Morgan fingerprint density at radius 2 is 1.83 bits per heavy atom. The predicted molar refractivity (Wildman–Crippen MR) is 104 cm³/mol. The molecule has 3 unspecified atom stereocenters. The van der Waals surface area contributed by atoms with Gasteiger partial charge >= 0.3 is 0 Å². The van der Waals surface area contributed by atoms with E-state index in [2.05, 4.69) is 0 Å². The van der Waals surface area contributed by atoms with Crippen molar-refractivity contribution in [2.75, 3.05) is 7.11 Å². The first-order chi connectivity index (χ1) is 14.1. The average molecular weight is 398 g/mol. The second kappa shape index (κ2) is 8.66. The molecule has 0 spiro atoms. The number of allylic oxidation sites excluding steroid dienone is 1. The van der Waals surface area contributed by atoms with E-state index in [4.69, 9.17) is 18.9 Å². The van der Waals surface area contributed by atoms with Crippen LogP contribution in [0.5, 0.6) is 11.5 Å². The Labute approximate surface area is 169 Å². The van der Waals surface area contributed by atoms with Crippen molar-refractivity contribution in [1.82, 2.24) is 0 Å². The largest absolute Gasteiger partial charge is 0.497 e. The summed E-state index contributed by atoms with van der Waals surface area (Å²) in [5.74, 6) is 0.905. The lowest BCUT2D eigenvalue weighted by molar-refractivity contribution is -0.134. The molecule has 0 radical (unpaired) electrons. The van der Waals surface area contributed by atoms with E-state index in [1.165, 1.54) is 12.3 Å². The number of benzene rings is 2. The highest BCUT2D eigenvalue weighted by Gasteiger charge is 2.41. The summed E-state index contributed by atoms with van der Waals surface area (Å²) in [4.78, 5) is 12.8. The van der Waals surface area contributed by atoms with E-state index in [9.17, 15) is 9.18 Å². The molecule has 2 aliphatic rings. The molecule has 0 N–H and O–H groups in total. The van der Waals surface area contributed by atoms with Crippen molar-refractivity contribution in [3.8, 4) is 11.5 Å². The van der Waals surface area contributed by atoms with E-state index in [1.54, 1.807) is 49.6 Å². The monoisotopic (exact) mass is 398 g/mol. The molecule has 0 bridgehead atoms. The molecular weight excluding hydrogens is 375 g/mol. The molecule has 29 heavy (non-hydrogen) atoms. The molecule has 2 aromatic carbocycles. The minimum absolute atomic E-state index is 0.0513. The summed E-state index contributed by atoms with van der Waals surface area (Å²) in [5.41, 5.74) is 0.533. The van der Waals surface area contributed by atoms with E-state index >= 15 is 0 Å². The zero-order valence-electron chi connectivity index (χ0n) is 16.2. The van der Waals surface area contributed by atoms with E-state index in [1.807, 2.05) is 0 Å². The highest BCUT2D eigenvalue weighted by Crippen LogP contribution is 2.35.